The number of benzene rings is 2. The lowest BCUT2D eigenvalue weighted by molar-refractivity contribution is -0.137. The second-order valence-electron chi connectivity index (χ2n) is 5.71. The van der Waals surface area contributed by atoms with Crippen LogP contribution in [0.2, 0.25) is 0 Å². The van der Waals surface area contributed by atoms with E-state index in [1.54, 1.807) is 6.07 Å². The number of amides is 1. The van der Waals surface area contributed by atoms with E-state index in [0.717, 1.165) is 24.3 Å². The van der Waals surface area contributed by atoms with Crippen molar-refractivity contribution in [1.82, 2.24) is 0 Å². The lowest BCUT2D eigenvalue weighted by Gasteiger charge is -2.15. The highest BCUT2D eigenvalue weighted by atomic mass is 19.4. The molecule has 0 fully saturated rings. The van der Waals surface area contributed by atoms with Gasteiger partial charge in [-0.15, -0.1) is 0 Å². The molecule has 0 aliphatic rings. The summed E-state index contributed by atoms with van der Waals surface area (Å²) >= 11 is 0. The SMILES string of the molecule is COc1cc(OC)cc(C(=O)OC(C)C(=O)Nc2ccc(C(F)(F)F)cc2)c1. The molecule has 0 saturated carbocycles. The molecule has 9 heteroatoms. The fourth-order valence-corrected chi connectivity index (χ4v) is 2.19. The van der Waals surface area contributed by atoms with Crippen LogP contribution in [0.25, 0.3) is 0 Å². The van der Waals surface area contributed by atoms with Gasteiger partial charge in [0.1, 0.15) is 11.5 Å². The van der Waals surface area contributed by atoms with Crippen molar-refractivity contribution in [3.8, 4) is 11.5 Å². The molecule has 2 aromatic rings. The third-order valence-electron chi connectivity index (χ3n) is 3.72. The Morgan fingerprint density at radius 1 is 0.964 bits per heavy atom. The van der Waals surface area contributed by atoms with Gasteiger partial charge < -0.3 is 19.5 Å². The van der Waals surface area contributed by atoms with Gasteiger partial charge in [-0.3, -0.25) is 4.79 Å². The Hall–Kier alpha value is -3.23. The van der Waals surface area contributed by atoms with Crippen LogP contribution in [0.1, 0.15) is 22.8 Å². The van der Waals surface area contributed by atoms with Gasteiger partial charge in [-0.2, -0.15) is 13.2 Å². The number of carbonyl (C=O) groups excluding carboxylic acids is 2. The van der Waals surface area contributed by atoms with Gasteiger partial charge in [0, 0.05) is 11.8 Å². The smallest absolute Gasteiger partial charge is 0.416 e. The summed E-state index contributed by atoms with van der Waals surface area (Å²) in [6.45, 7) is 1.34. The molecule has 0 saturated heterocycles. The average Bonchev–Trinajstić information content (AvgIpc) is 2.67. The van der Waals surface area contributed by atoms with Crippen molar-refractivity contribution < 1.29 is 37.0 Å². The Balaban J connectivity index is 2.03. The van der Waals surface area contributed by atoms with E-state index >= 15 is 0 Å². The molecule has 0 radical (unpaired) electrons. The lowest BCUT2D eigenvalue weighted by Crippen LogP contribution is -2.30. The summed E-state index contributed by atoms with van der Waals surface area (Å²) in [5.74, 6) is -0.739. The van der Waals surface area contributed by atoms with Crippen LogP contribution in [0.5, 0.6) is 11.5 Å². The maximum atomic E-state index is 12.6. The summed E-state index contributed by atoms with van der Waals surface area (Å²) in [6, 6.07) is 8.32. The number of halogens is 3. The topological polar surface area (TPSA) is 73.9 Å². The molecule has 1 amide bonds. The van der Waals surface area contributed by atoms with Crippen molar-refractivity contribution >= 4 is 17.6 Å². The monoisotopic (exact) mass is 397 g/mol. The van der Waals surface area contributed by atoms with E-state index in [2.05, 4.69) is 5.32 Å². The Morgan fingerprint density at radius 2 is 1.50 bits per heavy atom. The molecule has 2 rings (SSSR count). The van der Waals surface area contributed by atoms with Crippen LogP contribution in [0.3, 0.4) is 0 Å². The van der Waals surface area contributed by atoms with Crippen LogP contribution in [-0.4, -0.2) is 32.2 Å². The van der Waals surface area contributed by atoms with Crippen LogP contribution in [0.4, 0.5) is 18.9 Å². The molecule has 1 N–H and O–H groups in total. The molecule has 150 valence electrons. The molecule has 28 heavy (non-hydrogen) atoms. The van der Waals surface area contributed by atoms with Gasteiger partial charge in [-0.25, -0.2) is 4.79 Å². The Kier molecular flexibility index (Phi) is 6.50. The molecule has 1 atom stereocenters. The largest absolute Gasteiger partial charge is 0.497 e. The van der Waals surface area contributed by atoms with Gasteiger partial charge in [-0.05, 0) is 43.3 Å². The third-order valence-corrected chi connectivity index (χ3v) is 3.72. The van der Waals surface area contributed by atoms with Gasteiger partial charge in [0.05, 0.1) is 25.3 Å². The van der Waals surface area contributed by atoms with E-state index in [-0.39, 0.29) is 11.3 Å². The Morgan fingerprint density at radius 3 is 1.96 bits per heavy atom. The number of alkyl halides is 3. The Labute approximate surface area is 159 Å². The number of rotatable bonds is 6. The summed E-state index contributed by atoms with van der Waals surface area (Å²) in [6.07, 6.45) is -5.66. The summed E-state index contributed by atoms with van der Waals surface area (Å²) in [5, 5.41) is 2.39. The van der Waals surface area contributed by atoms with E-state index in [0.29, 0.717) is 11.5 Å². The van der Waals surface area contributed by atoms with Gasteiger partial charge >= 0.3 is 12.1 Å². The minimum Gasteiger partial charge on any atom is -0.497 e. The summed E-state index contributed by atoms with van der Waals surface area (Å²) in [5.41, 5.74) is -0.578. The fraction of sp³-hybridized carbons (Fsp3) is 0.263. The highest BCUT2D eigenvalue weighted by molar-refractivity contribution is 5.97. The summed E-state index contributed by atoms with van der Waals surface area (Å²) in [4.78, 5) is 24.4. The van der Waals surface area contributed by atoms with E-state index in [4.69, 9.17) is 14.2 Å². The fourth-order valence-electron chi connectivity index (χ4n) is 2.19. The van der Waals surface area contributed by atoms with Crippen LogP contribution in [0.15, 0.2) is 42.5 Å². The van der Waals surface area contributed by atoms with Crippen molar-refractivity contribution in [3.63, 3.8) is 0 Å². The number of hydrogen-bond acceptors (Lipinski definition) is 5. The second-order valence-corrected chi connectivity index (χ2v) is 5.71. The second kappa shape index (κ2) is 8.64. The van der Waals surface area contributed by atoms with Gasteiger partial charge in [0.25, 0.3) is 5.91 Å². The number of methoxy groups -OCH3 is 2. The van der Waals surface area contributed by atoms with E-state index in [1.165, 1.54) is 33.3 Å². The van der Waals surface area contributed by atoms with Crippen molar-refractivity contribution in [1.29, 1.82) is 0 Å². The molecule has 0 heterocycles. The zero-order valence-corrected chi connectivity index (χ0v) is 15.3. The molecule has 0 aromatic heterocycles. The predicted molar refractivity (Wildman–Crippen MR) is 94.5 cm³/mol. The van der Waals surface area contributed by atoms with Crippen LogP contribution in [-0.2, 0) is 15.7 Å². The van der Waals surface area contributed by atoms with Crippen LogP contribution >= 0.6 is 0 Å². The van der Waals surface area contributed by atoms with Crippen molar-refractivity contribution in [2.45, 2.75) is 19.2 Å². The molecule has 0 bridgehead atoms. The van der Waals surface area contributed by atoms with Crippen molar-refractivity contribution in [3.05, 3.63) is 53.6 Å². The summed E-state index contributed by atoms with van der Waals surface area (Å²) in [7, 11) is 2.84. The molecular weight excluding hydrogens is 379 g/mol. The number of ether oxygens (including phenoxy) is 3. The number of carbonyl (C=O) groups is 2. The molecule has 0 spiro atoms. The van der Waals surface area contributed by atoms with Gasteiger partial charge in [0.15, 0.2) is 6.10 Å². The minimum absolute atomic E-state index is 0.116. The highest BCUT2D eigenvalue weighted by Gasteiger charge is 2.30. The standard InChI is InChI=1S/C19H18F3NO5/c1-11(17(24)23-14-6-4-13(5-7-14)19(20,21)22)28-18(25)12-8-15(26-2)10-16(9-12)27-3/h4-11H,1-3H3,(H,23,24). The predicted octanol–water partition coefficient (Wildman–Crippen LogP) is 3.91. The number of nitrogens with one attached hydrogen (secondary N) is 1. The maximum Gasteiger partial charge on any atom is 0.416 e. The molecule has 0 aliphatic heterocycles. The van der Waals surface area contributed by atoms with Gasteiger partial charge in [-0.1, -0.05) is 0 Å². The zero-order valence-electron chi connectivity index (χ0n) is 15.3. The third kappa shape index (κ3) is 5.38. The molecule has 2 aromatic carbocycles. The molecule has 0 aliphatic carbocycles. The van der Waals surface area contributed by atoms with E-state index in [1.807, 2.05) is 0 Å². The van der Waals surface area contributed by atoms with Gasteiger partial charge in [0.2, 0.25) is 0 Å². The molecular formula is C19H18F3NO5. The number of anilines is 1. The molecule has 6 nitrogen and oxygen atoms in total. The first-order chi connectivity index (χ1) is 13.1. The summed E-state index contributed by atoms with van der Waals surface area (Å²) < 4.78 is 52.9. The Bertz CT molecular complexity index is 827. The average molecular weight is 397 g/mol. The zero-order chi connectivity index (χ0) is 20.9. The highest BCUT2D eigenvalue weighted by Crippen LogP contribution is 2.30. The van der Waals surface area contributed by atoms with Crippen molar-refractivity contribution in [2.24, 2.45) is 0 Å². The normalized spacial score (nSPS) is 12.1. The maximum absolute atomic E-state index is 12.6. The van der Waals surface area contributed by atoms with E-state index in [9.17, 15) is 22.8 Å². The van der Waals surface area contributed by atoms with Crippen LogP contribution in [0, 0.1) is 0 Å². The van der Waals surface area contributed by atoms with E-state index < -0.39 is 29.7 Å². The van der Waals surface area contributed by atoms with Crippen LogP contribution < -0.4 is 14.8 Å². The number of esters is 1. The number of hydrogen-bond donors (Lipinski definition) is 1. The van der Waals surface area contributed by atoms with Crippen molar-refractivity contribution in [2.75, 3.05) is 19.5 Å². The first-order valence-corrected chi connectivity index (χ1v) is 8.06. The quantitative estimate of drug-likeness (QED) is 0.749. The lowest BCUT2D eigenvalue weighted by atomic mass is 10.2. The minimum atomic E-state index is -4.47. The molecule has 1 unspecified atom stereocenters. The first-order valence-electron chi connectivity index (χ1n) is 8.06. The first kappa shape index (κ1) is 21.1.